The Morgan fingerprint density at radius 3 is 2.14 bits per heavy atom. The molecule has 0 saturated carbocycles. The number of ether oxygens (including phenoxy) is 3. The van der Waals surface area contributed by atoms with Crippen LogP contribution >= 0.6 is 0 Å². The Balaban J connectivity index is 1.49. The Hall–Kier alpha value is -2.45. The number of nitrogens with zero attached hydrogens (tertiary/aromatic N) is 2. The van der Waals surface area contributed by atoms with Crippen LogP contribution in [0.2, 0.25) is 0 Å². The fraction of sp³-hybridized carbons (Fsp3) is 0.400. The number of sulfonamides is 1. The maximum Gasteiger partial charge on any atom is 0.217 e. The quantitative estimate of drug-likeness (QED) is 0.670. The van der Waals surface area contributed by atoms with Crippen LogP contribution in [-0.2, 0) is 10.0 Å². The minimum atomic E-state index is -3.35. The van der Waals surface area contributed by atoms with Crippen LogP contribution in [0.4, 0.5) is 5.69 Å². The number of methoxy groups -OCH3 is 2. The molecule has 3 rings (SSSR count). The van der Waals surface area contributed by atoms with Gasteiger partial charge < -0.3 is 19.1 Å². The van der Waals surface area contributed by atoms with Crippen LogP contribution < -0.4 is 19.1 Å². The van der Waals surface area contributed by atoms with Crippen LogP contribution in [0.1, 0.15) is 0 Å². The van der Waals surface area contributed by atoms with Crippen LogP contribution in [0.15, 0.2) is 48.5 Å². The van der Waals surface area contributed by atoms with Crippen LogP contribution in [-0.4, -0.2) is 65.5 Å². The first-order valence-electron chi connectivity index (χ1n) is 9.15. The number of benzene rings is 2. The highest BCUT2D eigenvalue weighted by Crippen LogP contribution is 2.23. The van der Waals surface area contributed by atoms with E-state index in [1.807, 2.05) is 24.3 Å². The van der Waals surface area contributed by atoms with Crippen molar-refractivity contribution in [3.05, 3.63) is 48.5 Å². The average Bonchev–Trinajstić information content (AvgIpc) is 2.74. The minimum absolute atomic E-state index is 0.0435. The lowest BCUT2D eigenvalue weighted by molar-refractivity contribution is 0.330. The van der Waals surface area contributed by atoms with E-state index in [9.17, 15) is 8.42 Å². The molecule has 0 unspecified atom stereocenters. The molecule has 1 aliphatic rings. The molecule has 2 aromatic carbocycles. The summed E-state index contributed by atoms with van der Waals surface area (Å²) in [5.74, 6) is 2.11. The van der Waals surface area contributed by atoms with Crippen molar-refractivity contribution < 1.29 is 22.6 Å². The van der Waals surface area contributed by atoms with E-state index >= 15 is 0 Å². The highest BCUT2D eigenvalue weighted by molar-refractivity contribution is 7.89. The van der Waals surface area contributed by atoms with Gasteiger partial charge in [-0.3, -0.25) is 0 Å². The highest BCUT2D eigenvalue weighted by atomic mass is 32.2. The van der Waals surface area contributed by atoms with Crippen molar-refractivity contribution in [1.29, 1.82) is 0 Å². The van der Waals surface area contributed by atoms with E-state index in [1.165, 1.54) is 0 Å². The first kappa shape index (κ1) is 20.3. The summed E-state index contributed by atoms with van der Waals surface area (Å²) in [6.45, 7) is 2.33. The average molecular weight is 407 g/mol. The zero-order valence-electron chi connectivity index (χ0n) is 16.2. The van der Waals surface area contributed by atoms with Crippen LogP contribution in [0.3, 0.4) is 0 Å². The van der Waals surface area contributed by atoms with E-state index < -0.39 is 10.0 Å². The second-order valence-electron chi connectivity index (χ2n) is 6.43. The second-order valence-corrected chi connectivity index (χ2v) is 8.52. The van der Waals surface area contributed by atoms with E-state index in [4.69, 9.17) is 14.2 Å². The summed E-state index contributed by atoms with van der Waals surface area (Å²) >= 11 is 0. The van der Waals surface area contributed by atoms with Gasteiger partial charge in [-0.1, -0.05) is 6.07 Å². The van der Waals surface area contributed by atoms with Gasteiger partial charge in [0, 0.05) is 37.9 Å². The first-order chi connectivity index (χ1) is 13.5. The van der Waals surface area contributed by atoms with Gasteiger partial charge in [-0.25, -0.2) is 8.42 Å². The fourth-order valence-corrected chi connectivity index (χ4v) is 4.37. The Morgan fingerprint density at radius 1 is 0.857 bits per heavy atom. The number of rotatable bonds is 8. The van der Waals surface area contributed by atoms with E-state index in [2.05, 4.69) is 4.90 Å². The summed E-state index contributed by atoms with van der Waals surface area (Å²) in [5, 5.41) is 0. The predicted octanol–water partition coefficient (Wildman–Crippen LogP) is 2.23. The van der Waals surface area contributed by atoms with Gasteiger partial charge in [-0.05, 0) is 36.4 Å². The topological polar surface area (TPSA) is 68.3 Å². The van der Waals surface area contributed by atoms with Gasteiger partial charge in [0.05, 0.1) is 20.0 Å². The molecule has 28 heavy (non-hydrogen) atoms. The summed E-state index contributed by atoms with van der Waals surface area (Å²) in [4.78, 5) is 2.17. The van der Waals surface area contributed by atoms with Crippen molar-refractivity contribution >= 4 is 15.7 Å². The van der Waals surface area contributed by atoms with Crippen LogP contribution in [0.25, 0.3) is 0 Å². The van der Waals surface area contributed by atoms with Gasteiger partial charge in [-0.2, -0.15) is 4.31 Å². The molecule has 0 amide bonds. The van der Waals surface area contributed by atoms with Crippen LogP contribution in [0, 0.1) is 0 Å². The van der Waals surface area contributed by atoms with Crippen LogP contribution in [0.5, 0.6) is 17.2 Å². The third kappa shape index (κ3) is 5.08. The van der Waals surface area contributed by atoms with Crippen molar-refractivity contribution in [2.45, 2.75) is 0 Å². The number of anilines is 1. The predicted molar refractivity (Wildman–Crippen MR) is 109 cm³/mol. The molecule has 0 aromatic heterocycles. The SMILES string of the molecule is COc1ccc(OCCS(=O)(=O)N2CCN(c3cccc(OC)c3)CC2)cc1. The molecular formula is C20H26N2O5S. The minimum Gasteiger partial charge on any atom is -0.497 e. The maximum absolute atomic E-state index is 12.6. The van der Waals surface area contributed by atoms with Gasteiger partial charge >= 0.3 is 0 Å². The summed E-state index contributed by atoms with van der Waals surface area (Å²) < 4.78 is 42.7. The largest absolute Gasteiger partial charge is 0.497 e. The molecule has 1 saturated heterocycles. The summed E-state index contributed by atoms with van der Waals surface area (Å²) in [5.41, 5.74) is 1.04. The highest BCUT2D eigenvalue weighted by Gasteiger charge is 2.27. The monoisotopic (exact) mass is 406 g/mol. The Labute approximate surface area is 166 Å². The first-order valence-corrected chi connectivity index (χ1v) is 10.8. The molecule has 8 heteroatoms. The molecule has 0 spiro atoms. The third-order valence-corrected chi connectivity index (χ3v) is 6.55. The van der Waals surface area contributed by atoms with E-state index in [0.717, 1.165) is 17.2 Å². The third-order valence-electron chi connectivity index (χ3n) is 4.72. The van der Waals surface area contributed by atoms with Crippen molar-refractivity contribution in [3.8, 4) is 17.2 Å². The van der Waals surface area contributed by atoms with Crippen molar-refractivity contribution in [3.63, 3.8) is 0 Å². The zero-order chi connectivity index (χ0) is 20.0. The molecule has 0 aliphatic carbocycles. The fourth-order valence-electron chi connectivity index (χ4n) is 3.10. The van der Waals surface area contributed by atoms with E-state index in [1.54, 1.807) is 42.8 Å². The number of hydrogen-bond acceptors (Lipinski definition) is 6. The van der Waals surface area contributed by atoms with E-state index in [0.29, 0.717) is 31.9 Å². The van der Waals surface area contributed by atoms with Crippen molar-refractivity contribution in [1.82, 2.24) is 4.31 Å². The van der Waals surface area contributed by atoms with Gasteiger partial charge in [0.1, 0.15) is 23.9 Å². The molecule has 0 atom stereocenters. The lowest BCUT2D eigenvalue weighted by atomic mass is 10.2. The van der Waals surface area contributed by atoms with Gasteiger partial charge in [-0.15, -0.1) is 0 Å². The Kier molecular flexibility index (Phi) is 6.64. The number of hydrogen-bond donors (Lipinski definition) is 0. The smallest absolute Gasteiger partial charge is 0.217 e. The molecular weight excluding hydrogens is 380 g/mol. The molecule has 1 fully saturated rings. The second kappa shape index (κ2) is 9.16. The lowest BCUT2D eigenvalue weighted by Gasteiger charge is -2.35. The zero-order valence-corrected chi connectivity index (χ0v) is 17.0. The van der Waals surface area contributed by atoms with Gasteiger partial charge in [0.15, 0.2) is 0 Å². The molecule has 0 bridgehead atoms. The molecule has 1 aliphatic heterocycles. The molecule has 0 radical (unpaired) electrons. The van der Waals surface area contributed by atoms with E-state index in [-0.39, 0.29) is 12.4 Å². The molecule has 0 N–H and O–H groups in total. The van der Waals surface area contributed by atoms with Crippen molar-refractivity contribution in [2.75, 3.05) is 57.7 Å². The maximum atomic E-state index is 12.6. The van der Waals surface area contributed by atoms with Gasteiger partial charge in [0.2, 0.25) is 10.0 Å². The molecule has 2 aromatic rings. The Morgan fingerprint density at radius 2 is 1.50 bits per heavy atom. The Bertz CT molecular complexity index is 862. The van der Waals surface area contributed by atoms with Gasteiger partial charge in [0.25, 0.3) is 0 Å². The summed E-state index contributed by atoms with van der Waals surface area (Å²) in [6.07, 6.45) is 0. The summed E-state index contributed by atoms with van der Waals surface area (Å²) in [6, 6.07) is 14.9. The lowest BCUT2D eigenvalue weighted by Crippen LogP contribution is -2.49. The number of piperazine rings is 1. The normalized spacial score (nSPS) is 15.3. The standard InChI is InChI=1S/C20H26N2O5S/c1-25-18-6-8-19(9-7-18)27-14-15-28(23,24)22-12-10-21(11-13-22)17-4-3-5-20(16-17)26-2/h3-9,16H,10-15H2,1-2H3. The molecule has 152 valence electrons. The van der Waals surface area contributed by atoms with Crippen molar-refractivity contribution in [2.24, 2.45) is 0 Å². The molecule has 1 heterocycles. The molecule has 7 nitrogen and oxygen atoms in total. The summed E-state index contributed by atoms with van der Waals surface area (Å²) in [7, 11) is -0.122.